The molecule has 0 spiro atoms. The van der Waals surface area contributed by atoms with Crippen molar-refractivity contribution in [2.45, 2.75) is 46.2 Å². The van der Waals surface area contributed by atoms with Crippen LogP contribution in [0.15, 0.2) is 12.4 Å². The molecule has 0 aromatic carbocycles. The lowest BCUT2D eigenvalue weighted by molar-refractivity contribution is 0.444. The van der Waals surface area contributed by atoms with Crippen LogP contribution in [0.3, 0.4) is 0 Å². The molecular weight excluding hydrogens is 186 g/mol. The molecule has 3 nitrogen and oxygen atoms in total. The summed E-state index contributed by atoms with van der Waals surface area (Å²) in [7, 11) is 2.03. The Hall–Kier alpha value is -0.830. The molecule has 0 radical (unpaired) electrons. The third-order valence-electron chi connectivity index (χ3n) is 2.71. The van der Waals surface area contributed by atoms with Crippen LogP contribution in [0.25, 0.3) is 0 Å². The van der Waals surface area contributed by atoms with Gasteiger partial charge in [0.2, 0.25) is 0 Å². The van der Waals surface area contributed by atoms with Crippen LogP contribution in [0.1, 0.15) is 39.4 Å². The highest BCUT2D eigenvalue weighted by atomic mass is 15.1. The van der Waals surface area contributed by atoms with Gasteiger partial charge in [-0.15, -0.1) is 0 Å². The van der Waals surface area contributed by atoms with Gasteiger partial charge in [0, 0.05) is 25.5 Å². The number of aryl methyl sites for hydroxylation is 1. The van der Waals surface area contributed by atoms with Crippen LogP contribution in [0.4, 0.5) is 0 Å². The first-order chi connectivity index (χ1) is 7.09. The van der Waals surface area contributed by atoms with Crippen molar-refractivity contribution in [3.63, 3.8) is 0 Å². The molecule has 86 valence electrons. The first-order valence-electron chi connectivity index (χ1n) is 5.79. The molecule has 0 saturated carbocycles. The summed E-state index contributed by atoms with van der Waals surface area (Å²) in [6, 6.07) is 0.573. The molecule has 0 aliphatic rings. The fraction of sp³-hybridized carbons (Fsp3) is 0.750. The highest BCUT2D eigenvalue weighted by molar-refractivity contribution is 4.90. The zero-order valence-corrected chi connectivity index (χ0v) is 10.3. The lowest BCUT2D eigenvalue weighted by Crippen LogP contribution is -2.27. The Kier molecular flexibility index (Phi) is 4.82. The number of aromatic nitrogens is 2. The fourth-order valence-corrected chi connectivity index (χ4v) is 1.52. The zero-order chi connectivity index (χ0) is 11.3. The molecule has 0 amide bonds. The van der Waals surface area contributed by atoms with Gasteiger partial charge in [-0.3, -0.25) is 0 Å². The highest BCUT2D eigenvalue weighted by Crippen LogP contribution is 2.06. The van der Waals surface area contributed by atoms with Crippen molar-refractivity contribution in [3.05, 3.63) is 18.2 Å². The van der Waals surface area contributed by atoms with Gasteiger partial charge in [0.25, 0.3) is 0 Å². The van der Waals surface area contributed by atoms with E-state index in [1.807, 2.05) is 19.4 Å². The molecule has 1 heterocycles. The van der Waals surface area contributed by atoms with E-state index in [0.717, 1.165) is 18.3 Å². The monoisotopic (exact) mass is 209 g/mol. The second-order valence-electron chi connectivity index (χ2n) is 4.71. The van der Waals surface area contributed by atoms with Crippen molar-refractivity contribution < 1.29 is 0 Å². The van der Waals surface area contributed by atoms with E-state index in [2.05, 4.69) is 35.6 Å². The van der Waals surface area contributed by atoms with Crippen molar-refractivity contribution >= 4 is 0 Å². The molecule has 1 rings (SSSR count). The summed E-state index contributed by atoms with van der Waals surface area (Å²) >= 11 is 0. The summed E-state index contributed by atoms with van der Waals surface area (Å²) in [5.74, 6) is 1.90. The first-order valence-corrected chi connectivity index (χ1v) is 5.79. The van der Waals surface area contributed by atoms with Crippen LogP contribution in [0, 0.1) is 5.92 Å². The highest BCUT2D eigenvalue weighted by Gasteiger charge is 2.04. The van der Waals surface area contributed by atoms with E-state index in [9.17, 15) is 0 Å². The minimum absolute atomic E-state index is 0.573. The maximum Gasteiger partial charge on any atom is 0.122 e. The molecule has 0 fully saturated rings. The molecule has 1 aromatic heterocycles. The number of nitrogens with one attached hydrogen (secondary N) is 1. The second-order valence-corrected chi connectivity index (χ2v) is 4.71. The molecule has 1 atom stereocenters. The minimum Gasteiger partial charge on any atom is -0.337 e. The molecular formula is C12H23N3. The Balaban J connectivity index is 2.22. The van der Waals surface area contributed by atoms with Crippen LogP contribution in [0.5, 0.6) is 0 Å². The Morgan fingerprint density at radius 3 is 2.60 bits per heavy atom. The van der Waals surface area contributed by atoms with Gasteiger partial charge in [0.05, 0.1) is 6.54 Å². The van der Waals surface area contributed by atoms with E-state index in [1.54, 1.807) is 0 Å². The fourth-order valence-electron chi connectivity index (χ4n) is 1.52. The smallest absolute Gasteiger partial charge is 0.122 e. The van der Waals surface area contributed by atoms with Crippen LogP contribution < -0.4 is 5.32 Å². The maximum atomic E-state index is 4.28. The van der Waals surface area contributed by atoms with Gasteiger partial charge in [-0.1, -0.05) is 13.8 Å². The lowest BCUT2D eigenvalue weighted by Gasteiger charge is -2.14. The van der Waals surface area contributed by atoms with Crippen LogP contribution >= 0.6 is 0 Å². The second kappa shape index (κ2) is 5.91. The van der Waals surface area contributed by atoms with E-state index in [4.69, 9.17) is 0 Å². The molecule has 0 bridgehead atoms. The molecule has 3 heteroatoms. The summed E-state index contributed by atoms with van der Waals surface area (Å²) in [5, 5.41) is 3.50. The first kappa shape index (κ1) is 12.2. The maximum absolute atomic E-state index is 4.28. The van der Waals surface area contributed by atoms with Crippen molar-refractivity contribution in [2.24, 2.45) is 13.0 Å². The Morgan fingerprint density at radius 1 is 1.33 bits per heavy atom. The minimum atomic E-state index is 0.573. The topological polar surface area (TPSA) is 29.9 Å². The Labute approximate surface area is 92.9 Å². The van der Waals surface area contributed by atoms with E-state index in [-0.39, 0.29) is 0 Å². The van der Waals surface area contributed by atoms with Gasteiger partial charge in [-0.2, -0.15) is 0 Å². The number of imidazole rings is 1. The standard InChI is InChI=1S/C12H23N3/c1-10(2)5-6-11(3)14-9-12-13-7-8-15(12)4/h7-8,10-11,14H,5-6,9H2,1-4H3. The predicted octanol–water partition coefficient (Wildman–Crippen LogP) is 2.33. The van der Waals surface area contributed by atoms with E-state index in [0.29, 0.717) is 6.04 Å². The van der Waals surface area contributed by atoms with Gasteiger partial charge >= 0.3 is 0 Å². The molecule has 1 unspecified atom stereocenters. The molecule has 0 aliphatic carbocycles. The summed E-state index contributed by atoms with van der Waals surface area (Å²) in [6.45, 7) is 7.64. The zero-order valence-electron chi connectivity index (χ0n) is 10.3. The Morgan fingerprint density at radius 2 is 2.07 bits per heavy atom. The summed E-state index contributed by atoms with van der Waals surface area (Å²) < 4.78 is 2.06. The molecule has 15 heavy (non-hydrogen) atoms. The van der Waals surface area contributed by atoms with Gasteiger partial charge in [0.15, 0.2) is 0 Å². The average Bonchev–Trinajstić information content (AvgIpc) is 2.58. The van der Waals surface area contributed by atoms with Gasteiger partial charge < -0.3 is 9.88 Å². The molecule has 1 aromatic rings. The number of nitrogens with zero attached hydrogens (tertiary/aromatic N) is 2. The summed E-state index contributed by atoms with van der Waals surface area (Å²) in [6.07, 6.45) is 6.35. The van der Waals surface area contributed by atoms with Crippen molar-refractivity contribution in [1.29, 1.82) is 0 Å². The van der Waals surface area contributed by atoms with Gasteiger partial charge in [-0.05, 0) is 25.7 Å². The molecule has 0 aliphatic heterocycles. The Bertz CT molecular complexity index is 278. The lowest BCUT2D eigenvalue weighted by atomic mass is 10.0. The summed E-state index contributed by atoms with van der Waals surface area (Å²) in [5.41, 5.74) is 0. The van der Waals surface area contributed by atoms with Crippen LogP contribution in [0.2, 0.25) is 0 Å². The average molecular weight is 209 g/mol. The van der Waals surface area contributed by atoms with Crippen molar-refractivity contribution in [3.8, 4) is 0 Å². The predicted molar refractivity (Wildman–Crippen MR) is 63.6 cm³/mol. The molecule has 0 saturated heterocycles. The number of hydrogen-bond donors (Lipinski definition) is 1. The largest absolute Gasteiger partial charge is 0.337 e. The van der Waals surface area contributed by atoms with E-state index < -0.39 is 0 Å². The quantitative estimate of drug-likeness (QED) is 0.779. The van der Waals surface area contributed by atoms with Gasteiger partial charge in [0.1, 0.15) is 5.82 Å². The number of hydrogen-bond acceptors (Lipinski definition) is 2. The van der Waals surface area contributed by atoms with Crippen LogP contribution in [-0.4, -0.2) is 15.6 Å². The van der Waals surface area contributed by atoms with Gasteiger partial charge in [-0.25, -0.2) is 4.98 Å². The molecule has 1 N–H and O–H groups in total. The third-order valence-corrected chi connectivity index (χ3v) is 2.71. The normalized spacial score (nSPS) is 13.4. The third kappa shape index (κ3) is 4.47. The van der Waals surface area contributed by atoms with Crippen molar-refractivity contribution in [2.75, 3.05) is 0 Å². The summed E-state index contributed by atoms with van der Waals surface area (Å²) in [4.78, 5) is 4.28. The van der Waals surface area contributed by atoms with Crippen molar-refractivity contribution in [1.82, 2.24) is 14.9 Å². The van der Waals surface area contributed by atoms with Crippen LogP contribution in [-0.2, 0) is 13.6 Å². The van der Waals surface area contributed by atoms with E-state index in [1.165, 1.54) is 12.8 Å². The SMILES string of the molecule is CC(C)CCC(C)NCc1nccn1C. The van der Waals surface area contributed by atoms with E-state index >= 15 is 0 Å². The number of rotatable bonds is 6.